The van der Waals surface area contributed by atoms with Crippen molar-refractivity contribution in [1.82, 2.24) is 30.1 Å². The van der Waals surface area contributed by atoms with Gasteiger partial charge in [-0.05, 0) is 68.6 Å². The predicted octanol–water partition coefficient (Wildman–Crippen LogP) is 5.06. The van der Waals surface area contributed by atoms with Gasteiger partial charge in [0, 0.05) is 74.4 Å². The molecule has 0 atom stereocenters. The zero-order valence-corrected chi connectivity index (χ0v) is 27.9. The number of aromatic nitrogens is 3. The molecule has 2 aliphatic rings. The summed E-state index contributed by atoms with van der Waals surface area (Å²) in [5.74, 6) is 1.89. The van der Waals surface area contributed by atoms with Crippen LogP contribution in [0.1, 0.15) is 38.7 Å². The number of pyridine rings is 1. The normalized spacial score (nSPS) is 16.3. The Bertz CT molecular complexity index is 1460. The number of nitrogens with zero attached hydrogens (tertiary/aromatic N) is 6. The molecule has 0 saturated carbocycles. The van der Waals surface area contributed by atoms with E-state index in [-0.39, 0.29) is 11.9 Å². The Labute approximate surface area is 280 Å². The van der Waals surface area contributed by atoms with E-state index in [4.69, 9.17) is 37.7 Å². The van der Waals surface area contributed by atoms with Gasteiger partial charge in [0.05, 0.1) is 31.1 Å². The number of anilines is 1. The summed E-state index contributed by atoms with van der Waals surface area (Å²) in [7, 11) is 0. The highest BCUT2D eigenvalue weighted by Crippen LogP contribution is 2.31. The number of ether oxygens (including phenoxy) is 2. The van der Waals surface area contributed by atoms with Crippen LogP contribution in [0.3, 0.4) is 0 Å². The maximum atomic E-state index is 11.7. The first kappa shape index (κ1) is 33.8. The molecule has 11 nitrogen and oxygen atoms in total. The van der Waals surface area contributed by atoms with Crippen LogP contribution in [0.5, 0.6) is 11.6 Å². The molecule has 1 N–H and O–H groups in total. The third-order valence-electron chi connectivity index (χ3n) is 8.20. The van der Waals surface area contributed by atoms with Crippen LogP contribution in [0, 0.1) is 5.92 Å². The van der Waals surface area contributed by atoms with Gasteiger partial charge in [-0.15, -0.1) is 0 Å². The van der Waals surface area contributed by atoms with Crippen molar-refractivity contribution in [2.75, 3.05) is 63.9 Å². The van der Waals surface area contributed by atoms with Crippen LogP contribution in [0.25, 0.3) is 11.3 Å². The molecule has 4 heterocycles. The second kappa shape index (κ2) is 16.4. The Morgan fingerprint density at radius 1 is 0.935 bits per heavy atom. The molecule has 0 radical (unpaired) electrons. The molecule has 2 saturated heterocycles. The predicted molar refractivity (Wildman–Crippen MR) is 178 cm³/mol. The number of carbonyl (C=O) groups is 2. The van der Waals surface area contributed by atoms with Crippen LogP contribution in [-0.4, -0.2) is 95.6 Å². The summed E-state index contributed by atoms with van der Waals surface area (Å²) >= 11 is 12.7. The van der Waals surface area contributed by atoms with E-state index in [1.165, 1.54) is 0 Å². The molecule has 0 bridgehead atoms. The molecule has 1 amide bonds. The molecule has 0 aliphatic carbocycles. The van der Waals surface area contributed by atoms with Gasteiger partial charge >= 0.3 is 5.97 Å². The third-order valence-corrected chi connectivity index (χ3v) is 8.64. The van der Waals surface area contributed by atoms with Crippen LogP contribution in [0.2, 0.25) is 10.0 Å². The van der Waals surface area contributed by atoms with Crippen molar-refractivity contribution >= 4 is 41.0 Å². The largest absolute Gasteiger partial charge is 0.466 e. The van der Waals surface area contributed by atoms with Gasteiger partial charge in [0.25, 0.3) is 0 Å². The number of hydrogen-bond donors (Lipinski definition) is 1. The zero-order chi connectivity index (χ0) is 32.5. The summed E-state index contributed by atoms with van der Waals surface area (Å²) in [6, 6.07) is 9.37. The van der Waals surface area contributed by atoms with Crippen LogP contribution >= 0.6 is 23.2 Å². The van der Waals surface area contributed by atoms with Crippen LogP contribution in [0.15, 0.2) is 42.7 Å². The number of piperazine rings is 1. The first-order valence-electron chi connectivity index (χ1n) is 15.8. The Kier molecular flexibility index (Phi) is 12.0. The van der Waals surface area contributed by atoms with E-state index < -0.39 is 0 Å². The van der Waals surface area contributed by atoms with Crippen molar-refractivity contribution in [3.05, 3.63) is 58.3 Å². The number of piperidine rings is 1. The van der Waals surface area contributed by atoms with Gasteiger partial charge in [0.15, 0.2) is 5.75 Å². The summed E-state index contributed by atoms with van der Waals surface area (Å²) in [6.07, 6.45) is 5.78. The molecule has 246 valence electrons. The maximum Gasteiger partial charge on any atom is 0.307 e. The van der Waals surface area contributed by atoms with Gasteiger partial charge in [-0.2, -0.15) is 0 Å². The number of esters is 1. The molecule has 2 aromatic heterocycles. The highest BCUT2D eigenvalue weighted by Gasteiger charge is 2.22. The van der Waals surface area contributed by atoms with Crippen molar-refractivity contribution in [2.24, 2.45) is 5.92 Å². The monoisotopic (exact) mass is 669 g/mol. The molecule has 2 fully saturated rings. The van der Waals surface area contributed by atoms with Gasteiger partial charge < -0.3 is 19.7 Å². The zero-order valence-electron chi connectivity index (χ0n) is 26.4. The Hall–Kier alpha value is -3.51. The smallest absolute Gasteiger partial charge is 0.307 e. The van der Waals surface area contributed by atoms with Crippen molar-refractivity contribution in [3.8, 4) is 22.9 Å². The molecule has 13 heteroatoms. The summed E-state index contributed by atoms with van der Waals surface area (Å²) in [5.41, 5.74) is 2.55. The minimum atomic E-state index is -0.160. The number of nitrogens with one attached hydrogen (secondary N) is 1. The number of likely N-dealkylation sites (tertiary alicyclic amines) is 1. The number of benzene rings is 1. The second-order valence-corrected chi connectivity index (χ2v) is 12.6. The average molecular weight is 671 g/mol. The minimum Gasteiger partial charge on any atom is -0.466 e. The Balaban J connectivity index is 1.24. The van der Waals surface area contributed by atoms with Crippen molar-refractivity contribution < 1.29 is 19.1 Å². The lowest BCUT2D eigenvalue weighted by Crippen LogP contribution is -2.47. The van der Waals surface area contributed by atoms with E-state index in [9.17, 15) is 9.59 Å². The lowest BCUT2D eigenvalue weighted by atomic mass is 9.96. The molecular formula is C33H41Cl2N7O4. The number of carbonyl (C=O) groups excluding carboxylic acids is 2. The van der Waals surface area contributed by atoms with Gasteiger partial charge in [0.2, 0.25) is 17.7 Å². The van der Waals surface area contributed by atoms with Crippen LogP contribution in [0.4, 0.5) is 5.95 Å². The SMILES string of the molecule is CCOC(=O)CCN1CCN(c2ncc(Oc3cc(CN4CCC(CNC(C)=O)CC4)cc(-c4cc(Cl)cc(Cl)c4)n3)cn2)CC1. The molecule has 0 unspecified atom stereocenters. The first-order valence-corrected chi connectivity index (χ1v) is 16.6. The summed E-state index contributed by atoms with van der Waals surface area (Å²) < 4.78 is 11.2. The van der Waals surface area contributed by atoms with Gasteiger partial charge in [-0.1, -0.05) is 23.2 Å². The van der Waals surface area contributed by atoms with Gasteiger partial charge in [-0.3, -0.25) is 19.4 Å². The Morgan fingerprint density at radius 3 is 2.28 bits per heavy atom. The number of amides is 1. The fourth-order valence-electron chi connectivity index (χ4n) is 5.75. The first-order chi connectivity index (χ1) is 22.2. The standard InChI is InChI=1S/C33H41Cl2N7O4/c1-3-45-32(44)6-9-40-10-12-42(13-11-40)33-37-20-29(21-38-33)46-31-15-25(14-30(39-31)26-16-27(34)18-28(35)17-26)22-41-7-4-24(5-8-41)19-36-23(2)43/h14-18,20-21,24H,3-13,19,22H2,1-2H3,(H,36,43). The summed E-state index contributed by atoms with van der Waals surface area (Å²) in [4.78, 5) is 43.7. The van der Waals surface area contributed by atoms with E-state index in [0.717, 1.165) is 76.3 Å². The van der Waals surface area contributed by atoms with Gasteiger partial charge in [-0.25, -0.2) is 15.0 Å². The van der Waals surface area contributed by atoms with E-state index in [2.05, 4.69) is 30.0 Å². The highest BCUT2D eigenvalue weighted by atomic mass is 35.5. The average Bonchev–Trinajstić information content (AvgIpc) is 3.04. The fraction of sp³-hybridized carbons (Fsp3) is 0.485. The lowest BCUT2D eigenvalue weighted by molar-refractivity contribution is -0.143. The van der Waals surface area contributed by atoms with Crippen molar-refractivity contribution in [1.29, 1.82) is 0 Å². The highest BCUT2D eigenvalue weighted by molar-refractivity contribution is 6.35. The molecule has 46 heavy (non-hydrogen) atoms. The van der Waals surface area contributed by atoms with E-state index >= 15 is 0 Å². The topological polar surface area (TPSA) is 113 Å². The van der Waals surface area contributed by atoms with Crippen molar-refractivity contribution in [3.63, 3.8) is 0 Å². The summed E-state index contributed by atoms with van der Waals surface area (Å²) in [6.45, 7) is 11.0. The van der Waals surface area contributed by atoms with Crippen LogP contribution in [-0.2, 0) is 20.9 Å². The number of rotatable bonds is 12. The minimum absolute atomic E-state index is 0.0164. The number of hydrogen-bond acceptors (Lipinski definition) is 10. The van der Waals surface area contributed by atoms with Crippen molar-refractivity contribution in [2.45, 2.75) is 39.7 Å². The molecule has 2 aliphatic heterocycles. The summed E-state index contributed by atoms with van der Waals surface area (Å²) in [5, 5.41) is 4.01. The third kappa shape index (κ3) is 9.99. The second-order valence-electron chi connectivity index (χ2n) is 11.7. The molecule has 5 rings (SSSR count). The van der Waals surface area contributed by atoms with Crippen LogP contribution < -0.4 is 15.0 Å². The molecule has 3 aromatic rings. The molecule has 1 aromatic carbocycles. The lowest BCUT2D eigenvalue weighted by Gasteiger charge is -2.34. The van der Waals surface area contributed by atoms with E-state index in [1.54, 1.807) is 25.4 Å². The van der Waals surface area contributed by atoms with E-state index in [0.29, 0.717) is 58.8 Å². The molecule has 0 spiro atoms. The number of halogens is 2. The maximum absolute atomic E-state index is 11.7. The molecular weight excluding hydrogens is 629 g/mol. The quantitative estimate of drug-likeness (QED) is 0.263. The fourth-order valence-corrected chi connectivity index (χ4v) is 6.27. The Morgan fingerprint density at radius 2 is 1.63 bits per heavy atom. The van der Waals surface area contributed by atoms with E-state index in [1.807, 2.05) is 31.2 Å². The van der Waals surface area contributed by atoms with Gasteiger partial charge in [0.1, 0.15) is 0 Å².